The number of hydrogen-bond donors (Lipinski definition) is 2. The zero-order chi connectivity index (χ0) is 16.3. The number of aliphatic carboxylic acids is 2. The molecule has 0 radical (unpaired) electrons. The van der Waals surface area contributed by atoms with Crippen molar-refractivity contribution in [2.45, 2.75) is 97.3 Å². The van der Waals surface area contributed by atoms with Crippen LogP contribution < -0.4 is 0 Å². The Kier molecular flexibility index (Phi) is 37.1. The van der Waals surface area contributed by atoms with Gasteiger partial charge >= 0.3 is 58.0 Å². The first-order valence-electron chi connectivity index (χ1n) is 8.48. The molecule has 0 fully saturated rings. The van der Waals surface area contributed by atoms with Crippen molar-refractivity contribution in [3.63, 3.8) is 0 Å². The van der Waals surface area contributed by atoms with Crippen LogP contribution in [-0.4, -0.2) is 68.3 Å². The van der Waals surface area contributed by atoms with Crippen LogP contribution in [0, 0.1) is 0 Å². The molecule has 0 aliphatic carbocycles. The van der Waals surface area contributed by atoms with Crippen molar-refractivity contribution >= 4 is 58.0 Å². The first kappa shape index (κ1) is 31.3. The first-order chi connectivity index (χ1) is 10.0. The van der Waals surface area contributed by atoms with Gasteiger partial charge in [-0.2, -0.15) is 0 Å². The Balaban J connectivity index is -0.0000000366. The van der Waals surface area contributed by atoms with Crippen LogP contribution in [0.4, 0.5) is 0 Å². The van der Waals surface area contributed by atoms with Crippen molar-refractivity contribution in [3.8, 4) is 0 Å². The molecule has 0 unspecified atom stereocenters. The van der Waals surface area contributed by atoms with Crippen molar-refractivity contribution in [2.24, 2.45) is 0 Å². The third kappa shape index (κ3) is 39.3. The monoisotopic (exact) mass is 354 g/mol. The SMILES string of the molecule is CCCCCCCC(=O)O.CCCCCCCCC(=O)O.[H-].[H-].[H-].[H-].[Mg+2].[Mg+2]. The summed E-state index contributed by atoms with van der Waals surface area (Å²) < 4.78 is 0. The molecule has 0 saturated carbocycles. The molecule has 0 spiro atoms. The average Bonchev–Trinajstić information content (AvgIpc) is 2.42. The zero-order valence-corrected chi connectivity index (χ0v) is 18.1. The van der Waals surface area contributed by atoms with Gasteiger partial charge in [-0.3, -0.25) is 9.59 Å². The van der Waals surface area contributed by atoms with Crippen molar-refractivity contribution < 1.29 is 25.5 Å². The number of carbonyl (C=O) groups is 2. The van der Waals surface area contributed by atoms with Gasteiger partial charge in [0.25, 0.3) is 0 Å². The molecule has 0 heterocycles. The van der Waals surface area contributed by atoms with E-state index in [0.29, 0.717) is 12.8 Å². The number of hydrogen-bond acceptors (Lipinski definition) is 2. The Morgan fingerprint density at radius 3 is 1.13 bits per heavy atom. The molecule has 0 atom stereocenters. The smallest absolute Gasteiger partial charge is 1.00 e. The van der Waals surface area contributed by atoms with Gasteiger partial charge < -0.3 is 15.9 Å². The van der Waals surface area contributed by atoms with Gasteiger partial charge in [0.15, 0.2) is 0 Å². The molecule has 0 aliphatic rings. The number of rotatable bonds is 13. The largest absolute Gasteiger partial charge is 2.00 e. The van der Waals surface area contributed by atoms with Crippen LogP contribution >= 0.6 is 0 Å². The molecule has 0 amide bonds. The summed E-state index contributed by atoms with van der Waals surface area (Å²) in [5, 5.41) is 16.6. The maximum absolute atomic E-state index is 10.1. The third-order valence-corrected chi connectivity index (χ3v) is 3.24. The van der Waals surface area contributed by atoms with Crippen LogP contribution in [0.1, 0.15) is 103 Å². The van der Waals surface area contributed by atoms with Gasteiger partial charge in [0.05, 0.1) is 0 Å². The van der Waals surface area contributed by atoms with E-state index in [9.17, 15) is 9.59 Å². The Labute approximate surface area is 180 Å². The van der Waals surface area contributed by atoms with Gasteiger partial charge in [-0.05, 0) is 12.8 Å². The molecule has 0 rings (SSSR count). The third-order valence-electron chi connectivity index (χ3n) is 3.24. The Morgan fingerprint density at radius 1 is 0.609 bits per heavy atom. The minimum absolute atomic E-state index is 0. The van der Waals surface area contributed by atoms with E-state index in [2.05, 4.69) is 13.8 Å². The molecule has 0 aliphatic heterocycles. The quantitative estimate of drug-likeness (QED) is 0.362. The Hall–Kier alpha value is 0.472. The second kappa shape index (κ2) is 27.3. The maximum atomic E-state index is 10.1. The maximum Gasteiger partial charge on any atom is 2.00 e. The topological polar surface area (TPSA) is 74.6 Å². The van der Waals surface area contributed by atoms with Gasteiger partial charge in [-0.1, -0.05) is 71.6 Å². The fourth-order valence-electron chi connectivity index (χ4n) is 1.94. The van der Waals surface area contributed by atoms with Gasteiger partial charge in [0.1, 0.15) is 0 Å². The first-order valence-corrected chi connectivity index (χ1v) is 8.48. The summed E-state index contributed by atoms with van der Waals surface area (Å²) in [7, 11) is 0. The van der Waals surface area contributed by atoms with Crippen LogP contribution in [0.5, 0.6) is 0 Å². The van der Waals surface area contributed by atoms with Crippen molar-refractivity contribution in [1.29, 1.82) is 0 Å². The van der Waals surface area contributed by atoms with Gasteiger partial charge in [0, 0.05) is 12.8 Å². The van der Waals surface area contributed by atoms with Crippen LogP contribution in [0.3, 0.4) is 0 Å². The number of carboxylic acids is 2. The van der Waals surface area contributed by atoms with E-state index in [0.717, 1.165) is 25.7 Å². The normalized spacial score (nSPS) is 8.96. The fourth-order valence-corrected chi connectivity index (χ4v) is 1.94. The van der Waals surface area contributed by atoms with Crippen molar-refractivity contribution in [1.82, 2.24) is 0 Å². The van der Waals surface area contributed by atoms with E-state index in [1.807, 2.05) is 0 Å². The van der Waals surface area contributed by atoms with Crippen molar-refractivity contribution in [2.75, 3.05) is 0 Å². The summed E-state index contributed by atoms with van der Waals surface area (Å²) >= 11 is 0. The summed E-state index contributed by atoms with van der Waals surface area (Å²) in [6.07, 6.45) is 13.1. The molecule has 2 N–H and O–H groups in total. The standard InChI is InChI=1S/C9H18O2.C8H16O2.2Mg.4H/c1-2-3-4-5-6-7-8-9(10)11;1-2-3-4-5-6-7-8(9)10;;;;;;/h2-8H2,1H3,(H,10,11);2-7H2,1H3,(H,9,10);;;;;;/q;;2*+2;4*-1. The second-order valence-electron chi connectivity index (χ2n) is 5.47. The van der Waals surface area contributed by atoms with Crippen LogP contribution in [0.25, 0.3) is 0 Å². The molecule has 6 heteroatoms. The summed E-state index contributed by atoms with van der Waals surface area (Å²) in [5.41, 5.74) is 0. The summed E-state index contributed by atoms with van der Waals surface area (Å²) in [5.74, 6) is -1.34. The molecule has 134 valence electrons. The van der Waals surface area contributed by atoms with Gasteiger partial charge in [-0.15, -0.1) is 0 Å². The minimum atomic E-state index is -0.670. The molecule has 4 nitrogen and oxygen atoms in total. The molecule has 0 aromatic rings. The summed E-state index contributed by atoms with van der Waals surface area (Å²) in [4.78, 5) is 20.1. The van der Waals surface area contributed by atoms with E-state index >= 15 is 0 Å². The van der Waals surface area contributed by atoms with Gasteiger partial charge in [0.2, 0.25) is 0 Å². The molecule has 23 heavy (non-hydrogen) atoms. The fraction of sp³-hybridized carbons (Fsp3) is 0.882. The Morgan fingerprint density at radius 2 is 0.870 bits per heavy atom. The van der Waals surface area contributed by atoms with Crippen LogP contribution in [0.15, 0.2) is 0 Å². The Bertz CT molecular complexity index is 265. The van der Waals surface area contributed by atoms with E-state index in [4.69, 9.17) is 10.2 Å². The molecule has 0 aromatic carbocycles. The molecular formula is C17H38Mg2O4. The molecule has 0 bridgehead atoms. The summed E-state index contributed by atoms with van der Waals surface area (Å²) in [6, 6.07) is 0. The van der Waals surface area contributed by atoms with Crippen LogP contribution in [0.2, 0.25) is 0 Å². The minimum Gasteiger partial charge on any atom is -1.00 e. The average molecular weight is 355 g/mol. The van der Waals surface area contributed by atoms with E-state index < -0.39 is 11.9 Å². The second-order valence-corrected chi connectivity index (χ2v) is 5.47. The zero-order valence-electron chi connectivity index (χ0n) is 19.3. The van der Waals surface area contributed by atoms with Crippen molar-refractivity contribution in [3.05, 3.63) is 0 Å². The van der Waals surface area contributed by atoms with E-state index in [-0.39, 0.29) is 51.8 Å². The van der Waals surface area contributed by atoms with E-state index in [1.54, 1.807) is 0 Å². The van der Waals surface area contributed by atoms with Crippen LogP contribution in [-0.2, 0) is 9.59 Å². The van der Waals surface area contributed by atoms with E-state index in [1.165, 1.54) is 44.9 Å². The summed E-state index contributed by atoms with van der Waals surface area (Å²) in [6.45, 7) is 4.33. The molecular weight excluding hydrogens is 317 g/mol. The molecule has 0 aromatic heterocycles. The van der Waals surface area contributed by atoms with Gasteiger partial charge in [-0.25, -0.2) is 0 Å². The molecule has 0 saturated heterocycles. The number of unbranched alkanes of at least 4 members (excludes halogenated alkanes) is 9. The predicted molar refractivity (Wildman–Crippen MR) is 103 cm³/mol. The predicted octanol–water partition coefficient (Wildman–Crippen LogP) is 4.94. The number of carboxylic acid groups (broad SMARTS) is 2.